The maximum absolute atomic E-state index is 11.4. The highest BCUT2D eigenvalue weighted by Gasteiger charge is 2.25. The fourth-order valence-electron chi connectivity index (χ4n) is 2.76. The SMILES string of the molecule is C=c1c(OC)c2c(c(OC)c1=CC=CC)CCC(S(=O)(=O)O)=C2. The molecule has 0 heterocycles. The van der Waals surface area contributed by atoms with Crippen LogP contribution in [-0.2, 0) is 16.5 Å². The minimum absolute atomic E-state index is 0.0325. The number of allylic oxidation sites excluding steroid dienone is 3. The summed E-state index contributed by atoms with van der Waals surface area (Å²) in [5.41, 5.74) is 1.44. The molecule has 0 spiro atoms. The molecule has 6 heteroatoms. The molecule has 23 heavy (non-hydrogen) atoms. The third kappa shape index (κ3) is 3.18. The van der Waals surface area contributed by atoms with Crippen LogP contribution >= 0.6 is 0 Å². The van der Waals surface area contributed by atoms with Gasteiger partial charge in [0.1, 0.15) is 11.5 Å². The predicted molar refractivity (Wildman–Crippen MR) is 91.4 cm³/mol. The molecule has 0 saturated heterocycles. The van der Waals surface area contributed by atoms with Crippen LogP contribution in [-0.4, -0.2) is 27.2 Å². The second-order valence-electron chi connectivity index (χ2n) is 5.13. The highest BCUT2D eigenvalue weighted by molar-refractivity contribution is 7.90. The van der Waals surface area contributed by atoms with Gasteiger partial charge >= 0.3 is 0 Å². The van der Waals surface area contributed by atoms with E-state index in [1.807, 2.05) is 25.2 Å². The third-order valence-corrected chi connectivity index (χ3v) is 4.79. The zero-order valence-electron chi connectivity index (χ0n) is 13.4. The Morgan fingerprint density at radius 1 is 1.22 bits per heavy atom. The third-order valence-electron chi connectivity index (χ3n) is 3.81. The van der Waals surface area contributed by atoms with Crippen molar-refractivity contribution in [3.63, 3.8) is 0 Å². The standard InChI is InChI=1S/C17H20O5S/c1-5-6-7-13-11(2)16(21-3)15-10-12(23(18,19)20)8-9-14(15)17(13)22-4/h5-7,10H,2,8-9H2,1,3-4H3,(H,18,19,20). The number of hydrogen-bond donors (Lipinski definition) is 1. The van der Waals surface area contributed by atoms with E-state index in [1.165, 1.54) is 13.2 Å². The van der Waals surface area contributed by atoms with Crippen LogP contribution in [0.2, 0.25) is 0 Å². The van der Waals surface area contributed by atoms with Gasteiger partial charge in [0.2, 0.25) is 0 Å². The predicted octanol–water partition coefficient (Wildman–Crippen LogP) is 1.65. The maximum Gasteiger partial charge on any atom is 0.290 e. The topological polar surface area (TPSA) is 72.8 Å². The second kappa shape index (κ2) is 6.60. The van der Waals surface area contributed by atoms with Crippen molar-refractivity contribution in [2.45, 2.75) is 19.8 Å². The van der Waals surface area contributed by atoms with Gasteiger partial charge in [-0.2, -0.15) is 8.42 Å². The fourth-order valence-corrected chi connectivity index (χ4v) is 3.39. The molecule has 0 radical (unpaired) electrons. The summed E-state index contributed by atoms with van der Waals surface area (Å²) < 4.78 is 43.1. The first kappa shape index (κ1) is 17.3. The smallest absolute Gasteiger partial charge is 0.290 e. The molecule has 0 aromatic heterocycles. The van der Waals surface area contributed by atoms with Gasteiger partial charge in [-0.3, -0.25) is 4.55 Å². The first-order chi connectivity index (χ1) is 10.8. The number of methoxy groups -OCH3 is 2. The van der Waals surface area contributed by atoms with Crippen molar-refractivity contribution in [2.24, 2.45) is 0 Å². The van der Waals surface area contributed by atoms with Crippen molar-refractivity contribution in [2.75, 3.05) is 14.2 Å². The number of hydrogen-bond acceptors (Lipinski definition) is 4. The van der Waals surface area contributed by atoms with E-state index in [9.17, 15) is 13.0 Å². The summed E-state index contributed by atoms with van der Waals surface area (Å²) >= 11 is 0. The van der Waals surface area contributed by atoms with Crippen LogP contribution in [0.15, 0.2) is 17.1 Å². The molecule has 5 nitrogen and oxygen atoms in total. The minimum Gasteiger partial charge on any atom is -0.496 e. The van der Waals surface area contributed by atoms with Crippen LogP contribution in [0, 0.1) is 0 Å². The Kier molecular flexibility index (Phi) is 4.97. The van der Waals surface area contributed by atoms with Crippen molar-refractivity contribution >= 4 is 28.8 Å². The summed E-state index contributed by atoms with van der Waals surface area (Å²) in [5, 5.41) is 1.40. The quantitative estimate of drug-likeness (QED) is 0.847. The Morgan fingerprint density at radius 3 is 2.39 bits per heavy atom. The molecule has 0 unspecified atom stereocenters. The van der Waals surface area contributed by atoms with Gasteiger partial charge in [-0.1, -0.05) is 24.8 Å². The van der Waals surface area contributed by atoms with Crippen LogP contribution in [0.5, 0.6) is 11.5 Å². The van der Waals surface area contributed by atoms with Gasteiger partial charge in [0.15, 0.2) is 0 Å². The van der Waals surface area contributed by atoms with Gasteiger partial charge in [-0.25, -0.2) is 0 Å². The van der Waals surface area contributed by atoms with Gasteiger partial charge in [-0.05, 0) is 25.8 Å². The maximum atomic E-state index is 11.4. The zero-order chi connectivity index (χ0) is 17.2. The molecule has 0 saturated carbocycles. The first-order valence-electron chi connectivity index (χ1n) is 7.12. The lowest BCUT2D eigenvalue weighted by Gasteiger charge is -2.21. The van der Waals surface area contributed by atoms with E-state index in [0.29, 0.717) is 28.7 Å². The second-order valence-corrected chi connectivity index (χ2v) is 6.60. The van der Waals surface area contributed by atoms with E-state index < -0.39 is 10.1 Å². The Balaban J connectivity index is 2.92. The molecule has 1 aromatic carbocycles. The summed E-state index contributed by atoms with van der Waals surface area (Å²) in [7, 11) is -1.15. The molecule has 1 N–H and O–H groups in total. The molecule has 0 atom stereocenters. The summed E-state index contributed by atoms with van der Waals surface area (Å²) in [6, 6.07) is 0. The molecular weight excluding hydrogens is 316 g/mol. The number of fused-ring (bicyclic) bond motifs is 1. The van der Waals surface area contributed by atoms with Crippen molar-refractivity contribution < 1.29 is 22.4 Å². The van der Waals surface area contributed by atoms with Gasteiger partial charge < -0.3 is 9.47 Å². The van der Waals surface area contributed by atoms with Crippen LogP contribution in [0.3, 0.4) is 0 Å². The minimum atomic E-state index is -4.22. The van der Waals surface area contributed by atoms with Crippen LogP contribution in [0.25, 0.3) is 18.7 Å². The molecule has 2 rings (SSSR count). The molecule has 0 fully saturated rings. The lowest BCUT2D eigenvalue weighted by atomic mass is 9.93. The van der Waals surface area contributed by atoms with Crippen LogP contribution in [0.4, 0.5) is 0 Å². The van der Waals surface area contributed by atoms with E-state index in [0.717, 1.165) is 10.8 Å². The average Bonchev–Trinajstić information content (AvgIpc) is 2.51. The van der Waals surface area contributed by atoms with E-state index in [-0.39, 0.29) is 11.3 Å². The van der Waals surface area contributed by atoms with E-state index in [2.05, 4.69) is 6.58 Å². The zero-order valence-corrected chi connectivity index (χ0v) is 14.2. The van der Waals surface area contributed by atoms with Crippen molar-refractivity contribution in [1.29, 1.82) is 0 Å². The average molecular weight is 336 g/mol. The van der Waals surface area contributed by atoms with Crippen molar-refractivity contribution in [3.05, 3.63) is 38.6 Å². The Labute approximate surface area is 136 Å². The van der Waals surface area contributed by atoms with Crippen LogP contribution < -0.4 is 19.9 Å². The molecule has 124 valence electrons. The van der Waals surface area contributed by atoms with E-state index in [4.69, 9.17) is 9.47 Å². The largest absolute Gasteiger partial charge is 0.496 e. The van der Waals surface area contributed by atoms with Gasteiger partial charge in [-0.15, -0.1) is 0 Å². The Bertz CT molecular complexity index is 892. The summed E-state index contributed by atoms with van der Waals surface area (Å²) in [5.74, 6) is 1.13. The molecule has 0 amide bonds. The highest BCUT2D eigenvalue weighted by Crippen LogP contribution is 2.34. The molecular formula is C17H20O5S. The van der Waals surface area contributed by atoms with Gasteiger partial charge in [0.25, 0.3) is 10.1 Å². The number of rotatable bonds is 4. The summed E-state index contributed by atoms with van der Waals surface area (Å²) in [4.78, 5) is -0.0325. The molecule has 1 aliphatic rings. The van der Waals surface area contributed by atoms with E-state index >= 15 is 0 Å². The first-order valence-corrected chi connectivity index (χ1v) is 8.56. The normalized spacial score (nSPS) is 15.5. The highest BCUT2D eigenvalue weighted by atomic mass is 32.2. The van der Waals surface area contributed by atoms with Crippen LogP contribution in [0.1, 0.15) is 24.5 Å². The number of ether oxygens (including phenoxy) is 2. The summed E-state index contributed by atoms with van der Waals surface area (Å²) in [6.07, 6.45) is 7.72. The Morgan fingerprint density at radius 2 is 1.87 bits per heavy atom. The molecule has 1 aliphatic carbocycles. The fraction of sp³-hybridized carbons (Fsp3) is 0.294. The van der Waals surface area contributed by atoms with E-state index in [1.54, 1.807) is 7.11 Å². The number of benzene rings is 1. The molecule has 0 aliphatic heterocycles. The molecule has 0 bridgehead atoms. The lowest BCUT2D eigenvalue weighted by Crippen LogP contribution is -2.30. The lowest BCUT2D eigenvalue weighted by molar-refractivity contribution is 0.391. The Hall–Kier alpha value is -2.05. The summed E-state index contributed by atoms with van der Waals surface area (Å²) in [6.45, 7) is 5.94. The van der Waals surface area contributed by atoms with Crippen molar-refractivity contribution in [1.82, 2.24) is 0 Å². The van der Waals surface area contributed by atoms with Gasteiger partial charge in [0, 0.05) is 21.6 Å². The monoisotopic (exact) mass is 336 g/mol. The molecule has 1 aromatic rings. The van der Waals surface area contributed by atoms with Gasteiger partial charge in [0.05, 0.1) is 19.1 Å². The van der Waals surface area contributed by atoms with Crippen molar-refractivity contribution in [3.8, 4) is 11.5 Å².